The van der Waals surface area contributed by atoms with E-state index in [1.807, 2.05) is 0 Å². The summed E-state index contributed by atoms with van der Waals surface area (Å²) in [5.41, 5.74) is 1.30. The van der Waals surface area contributed by atoms with Gasteiger partial charge in [-0.05, 0) is 42.5 Å². The zero-order valence-corrected chi connectivity index (χ0v) is 15.5. The second-order valence-electron chi connectivity index (χ2n) is 6.62. The van der Waals surface area contributed by atoms with Gasteiger partial charge in [0.05, 0.1) is 10.6 Å². The Morgan fingerprint density at radius 3 is 2.14 bits per heavy atom. The highest BCUT2D eigenvalue weighted by atomic mass is 35.5. The summed E-state index contributed by atoms with van der Waals surface area (Å²) in [6.07, 6.45) is 0. The number of H-pyrrole nitrogens is 1. The van der Waals surface area contributed by atoms with Crippen molar-refractivity contribution in [1.82, 2.24) is 14.8 Å². The third-order valence-electron chi connectivity index (χ3n) is 4.83. The highest BCUT2D eigenvalue weighted by Gasteiger charge is 2.27. The van der Waals surface area contributed by atoms with Crippen molar-refractivity contribution in [2.75, 3.05) is 26.2 Å². The molecule has 1 aliphatic rings. The summed E-state index contributed by atoms with van der Waals surface area (Å²) in [6.45, 7) is 1.39. The molecule has 4 rings (SSSR count). The maximum atomic E-state index is 13.3. The van der Waals surface area contributed by atoms with Gasteiger partial charge in [0, 0.05) is 37.1 Å². The molecule has 0 radical (unpaired) electrons. The van der Waals surface area contributed by atoms with E-state index in [4.69, 9.17) is 11.6 Å². The molecule has 1 aliphatic heterocycles. The third kappa shape index (κ3) is 3.45. The molecule has 1 saturated heterocycles. The van der Waals surface area contributed by atoms with Crippen LogP contribution in [0.25, 0.3) is 10.9 Å². The molecule has 144 valence electrons. The summed E-state index contributed by atoms with van der Waals surface area (Å²) in [4.78, 5) is 31.6. The molecule has 1 N–H and O–H groups in total. The lowest BCUT2D eigenvalue weighted by molar-refractivity contribution is 0.0533. The Labute approximate surface area is 164 Å². The van der Waals surface area contributed by atoms with Crippen LogP contribution in [0, 0.1) is 11.6 Å². The molecule has 1 fully saturated rings. The van der Waals surface area contributed by atoms with Gasteiger partial charge in [0.15, 0.2) is 0 Å². The van der Waals surface area contributed by atoms with Crippen molar-refractivity contribution < 1.29 is 18.4 Å². The molecule has 0 aliphatic carbocycles. The van der Waals surface area contributed by atoms with E-state index in [1.165, 1.54) is 24.3 Å². The molecule has 28 heavy (non-hydrogen) atoms. The Bertz CT molecular complexity index is 1070. The molecule has 8 heteroatoms. The standard InChI is InChI=1S/C20H16ClF2N3O2/c21-16-11-14(23)1-3-15(16)19(27)25-5-7-26(8-6-25)20(28)18-10-12-9-13(22)2-4-17(12)24-18/h1-4,9-11,24H,5-8H2. The van der Waals surface area contributed by atoms with E-state index in [1.54, 1.807) is 21.9 Å². The van der Waals surface area contributed by atoms with Crippen molar-refractivity contribution in [2.45, 2.75) is 0 Å². The first kappa shape index (κ1) is 18.4. The van der Waals surface area contributed by atoms with Crippen LogP contribution in [0.5, 0.6) is 0 Å². The lowest BCUT2D eigenvalue weighted by atomic mass is 10.1. The minimum absolute atomic E-state index is 0.0637. The SMILES string of the molecule is O=C(c1cc2cc(F)ccc2[nH]1)N1CCN(C(=O)c2ccc(F)cc2Cl)CC1. The first-order valence-electron chi connectivity index (χ1n) is 8.74. The zero-order valence-electron chi connectivity index (χ0n) is 14.7. The van der Waals surface area contributed by atoms with E-state index in [9.17, 15) is 18.4 Å². The number of nitrogens with one attached hydrogen (secondary N) is 1. The summed E-state index contributed by atoms with van der Waals surface area (Å²) >= 11 is 5.97. The van der Waals surface area contributed by atoms with Crippen molar-refractivity contribution in [3.63, 3.8) is 0 Å². The summed E-state index contributed by atoms with van der Waals surface area (Å²) < 4.78 is 26.5. The smallest absolute Gasteiger partial charge is 0.270 e. The lowest BCUT2D eigenvalue weighted by Crippen LogP contribution is -2.50. The van der Waals surface area contributed by atoms with E-state index < -0.39 is 5.82 Å². The quantitative estimate of drug-likeness (QED) is 0.709. The van der Waals surface area contributed by atoms with Gasteiger partial charge in [0.25, 0.3) is 11.8 Å². The summed E-state index contributed by atoms with van der Waals surface area (Å²) in [7, 11) is 0. The summed E-state index contributed by atoms with van der Waals surface area (Å²) in [6, 6.07) is 9.57. The highest BCUT2D eigenvalue weighted by Crippen LogP contribution is 2.21. The van der Waals surface area contributed by atoms with Crippen LogP contribution < -0.4 is 0 Å². The second kappa shape index (κ2) is 7.24. The van der Waals surface area contributed by atoms with Gasteiger partial charge in [-0.3, -0.25) is 9.59 Å². The van der Waals surface area contributed by atoms with Crippen molar-refractivity contribution >= 4 is 34.3 Å². The van der Waals surface area contributed by atoms with E-state index in [0.29, 0.717) is 42.8 Å². The molecular weight excluding hydrogens is 388 g/mol. The van der Waals surface area contributed by atoms with E-state index in [2.05, 4.69) is 4.98 Å². The van der Waals surface area contributed by atoms with Crippen molar-refractivity contribution in [1.29, 1.82) is 0 Å². The lowest BCUT2D eigenvalue weighted by Gasteiger charge is -2.34. The van der Waals surface area contributed by atoms with Gasteiger partial charge in [-0.15, -0.1) is 0 Å². The van der Waals surface area contributed by atoms with Gasteiger partial charge < -0.3 is 14.8 Å². The molecule has 5 nitrogen and oxygen atoms in total. The number of piperazine rings is 1. The summed E-state index contributed by atoms with van der Waals surface area (Å²) in [5.74, 6) is -1.37. The minimum Gasteiger partial charge on any atom is -0.351 e. The Balaban J connectivity index is 1.44. The Hall–Kier alpha value is -2.93. The van der Waals surface area contributed by atoms with Crippen LogP contribution in [0.15, 0.2) is 42.5 Å². The van der Waals surface area contributed by atoms with Crippen molar-refractivity contribution in [3.8, 4) is 0 Å². The van der Waals surface area contributed by atoms with Gasteiger partial charge in [0.1, 0.15) is 17.3 Å². The predicted molar refractivity (Wildman–Crippen MR) is 101 cm³/mol. The number of rotatable bonds is 2. The topological polar surface area (TPSA) is 56.4 Å². The zero-order chi connectivity index (χ0) is 19.8. The van der Waals surface area contributed by atoms with Crippen molar-refractivity contribution in [3.05, 3.63) is 70.4 Å². The molecule has 2 aromatic carbocycles. The predicted octanol–water partition coefficient (Wildman–Crippen LogP) is 3.70. The van der Waals surface area contributed by atoms with Crippen LogP contribution in [0.2, 0.25) is 5.02 Å². The summed E-state index contributed by atoms with van der Waals surface area (Å²) in [5, 5.41) is 0.692. The number of hydrogen-bond acceptors (Lipinski definition) is 2. The number of aromatic amines is 1. The molecule has 0 saturated carbocycles. The van der Waals surface area contributed by atoms with Crippen LogP contribution in [-0.4, -0.2) is 52.8 Å². The van der Waals surface area contributed by atoms with Gasteiger partial charge >= 0.3 is 0 Å². The minimum atomic E-state index is -0.504. The molecule has 2 amide bonds. The molecular formula is C20H16ClF2N3O2. The number of aromatic nitrogens is 1. The largest absolute Gasteiger partial charge is 0.351 e. The highest BCUT2D eigenvalue weighted by molar-refractivity contribution is 6.33. The number of amides is 2. The molecule has 3 aromatic rings. The molecule has 2 heterocycles. The monoisotopic (exact) mass is 403 g/mol. The second-order valence-corrected chi connectivity index (χ2v) is 7.03. The molecule has 0 atom stereocenters. The van der Waals surface area contributed by atoms with Crippen molar-refractivity contribution in [2.24, 2.45) is 0 Å². The number of halogens is 3. The fourth-order valence-electron chi connectivity index (χ4n) is 3.33. The normalized spacial score (nSPS) is 14.5. The van der Waals surface area contributed by atoms with Crippen LogP contribution in [0.1, 0.15) is 20.8 Å². The van der Waals surface area contributed by atoms with Crippen LogP contribution in [0.4, 0.5) is 8.78 Å². The maximum absolute atomic E-state index is 13.3. The third-order valence-corrected chi connectivity index (χ3v) is 5.14. The van der Waals surface area contributed by atoms with Crippen LogP contribution in [0.3, 0.4) is 0 Å². The molecule has 0 bridgehead atoms. The number of fused-ring (bicyclic) bond motifs is 1. The van der Waals surface area contributed by atoms with Gasteiger partial charge in [-0.25, -0.2) is 8.78 Å². The van der Waals surface area contributed by atoms with E-state index in [0.717, 1.165) is 6.07 Å². The average Bonchev–Trinajstić information content (AvgIpc) is 3.10. The first-order chi connectivity index (χ1) is 13.4. The number of carbonyl (C=O) groups is 2. The fourth-order valence-corrected chi connectivity index (χ4v) is 3.58. The van der Waals surface area contributed by atoms with Crippen LogP contribution >= 0.6 is 11.6 Å². The Morgan fingerprint density at radius 1 is 0.857 bits per heavy atom. The molecule has 1 aromatic heterocycles. The van der Waals surface area contributed by atoms with Gasteiger partial charge in [-0.2, -0.15) is 0 Å². The Kier molecular flexibility index (Phi) is 4.77. The number of nitrogens with zero attached hydrogens (tertiary/aromatic N) is 2. The van der Waals surface area contributed by atoms with E-state index in [-0.39, 0.29) is 28.2 Å². The average molecular weight is 404 g/mol. The maximum Gasteiger partial charge on any atom is 0.270 e. The van der Waals surface area contributed by atoms with Crippen LogP contribution in [-0.2, 0) is 0 Å². The molecule has 0 unspecified atom stereocenters. The number of carbonyl (C=O) groups excluding carboxylic acids is 2. The Morgan fingerprint density at radius 2 is 1.46 bits per heavy atom. The van der Waals surface area contributed by atoms with Gasteiger partial charge in [0.2, 0.25) is 0 Å². The first-order valence-corrected chi connectivity index (χ1v) is 9.12. The van der Waals surface area contributed by atoms with E-state index >= 15 is 0 Å². The number of benzene rings is 2. The number of hydrogen-bond donors (Lipinski definition) is 1. The molecule has 0 spiro atoms. The fraction of sp³-hybridized carbons (Fsp3) is 0.200. The van der Waals surface area contributed by atoms with Gasteiger partial charge in [-0.1, -0.05) is 11.6 Å².